The third-order valence-corrected chi connectivity index (χ3v) is 4.54. The average Bonchev–Trinajstić information content (AvgIpc) is 3.03. The molecule has 2 aromatic carbocycles. The number of benzene rings is 2. The molecule has 1 atom stereocenters. The van der Waals surface area contributed by atoms with Gasteiger partial charge in [0.15, 0.2) is 0 Å². The number of hydrogen-bond acceptors (Lipinski definition) is 2. The molecule has 0 radical (unpaired) electrons. The summed E-state index contributed by atoms with van der Waals surface area (Å²) < 4.78 is 0. The van der Waals surface area contributed by atoms with E-state index in [0.29, 0.717) is 11.6 Å². The van der Waals surface area contributed by atoms with Crippen molar-refractivity contribution >= 4 is 28.4 Å². The minimum atomic E-state index is -0.00582. The first-order chi connectivity index (χ1) is 12.1. The molecule has 0 aliphatic carbocycles. The van der Waals surface area contributed by atoms with Crippen LogP contribution in [0.3, 0.4) is 0 Å². The third-order valence-electron chi connectivity index (χ3n) is 4.31. The summed E-state index contributed by atoms with van der Waals surface area (Å²) in [5.74, 6) is -0.00582. The summed E-state index contributed by atoms with van der Waals surface area (Å²) in [5, 5.41) is 8.10. The minimum Gasteiger partial charge on any atom is -0.361 e. The average molecular weight is 356 g/mol. The summed E-state index contributed by atoms with van der Waals surface area (Å²) in [5.41, 5.74) is 3.41. The van der Waals surface area contributed by atoms with E-state index < -0.39 is 0 Å². The first kappa shape index (κ1) is 17.5. The van der Waals surface area contributed by atoms with Gasteiger partial charge >= 0.3 is 0 Å². The molecule has 3 N–H and O–H groups in total. The van der Waals surface area contributed by atoms with Gasteiger partial charge in [-0.15, -0.1) is 0 Å². The second kappa shape index (κ2) is 8.19. The predicted octanol–water partition coefficient (Wildman–Crippen LogP) is 3.83. The lowest BCUT2D eigenvalue weighted by Crippen LogP contribution is -2.36. The third kappa shape index (κ3) is 4.62. The molecule has 0 fully saturated rings. The Morgan fingerprint density at radius 3 is 2.88 bits per heavy atom. The maximum Gasteiger partial charge on any atom is 0.233 e. The Hall–Kier alpha value is -2.30. The van der Waals surface area contributed by atoms with Crippen LogP contribution >= 0.6 is 11.6 Å². The van der Waals surface area contributed by atoms with E-state index in [9.17, 15) is 4.79 Å². The molecule has 1 aromatic heterocycles. The van der Waals surface area contributed by atoms with Gasteiger partial charge in [0.25, 0.3) is 0 Å². The molecule has 0 unspecified atom stereocenters. The van der Waals surface area contributed by atoms with Crippen LogP contribution < -0.4 is 10.6 Å². The van der Waals surface area contributed by atoms with E-state index in [1.54, 1.807) is 0 Å². The topological polar surface area (TPSA) is 56.9 Å². The Kier molecular flexibility index (Phi) is 5.74. The summed E-state index contributed by atoms with van der Waals surface area (Å²) in [7, 11) is 0. The highest BCUT2D eigenvalue weighted by molar-refractivity contribution is 6.30. The molecular weight excluding hydrogens is 334 g/mol. The number of amides is 1. The Balaban J connectivity index is 1.44. The standard InChI is InChI=1S/C20H22ClN3O/c1-14(15-5-4-6-17(21)11-15)23-13-20(25)22-10-9-16-12-24-19-8-3-2-7-18(16)19/h2-8,11-12,14,23-24H,9-10,13H2,1H3,(H,22,25)/t14-/m0/s1. The van der Waals surface area contributed by atoms with Crippen LogP contribution in [0.15, 0.2) is 54.7 Å². The lowest BCUT2D eigenvalue weighted by atomic mass is 10.1. The molecule has 1 heterocycles. The second-order valence-electron chi connectivity index (χ2n) is 6.12. The van der Waals surface area contributed by atoms with Crippen molar-refractivity contribution in [2.45, 2.75) is 19.4 Å². The first-order valence-corrected chi connectivity index (χ1v) is 8.82. The molecule has 1 amide bonds. The number of carbonyl (C=O) groups is 1. The molecule has 0 bridgehead atoms. The molecule has 4 nitrogen and oxygen atoms in total. The van der Waals surface area contributed by atoms with Gasteiger partial charge in [-0.3, -0.25) is 4.79 Å². The van der Waals surface area contributed by atoms with Crippen molar-refractivity contribution in [1.82, 2.24) is 15.6 Å². The summed E-state index contributed by atoms with van der Waals surface area (Å²) >= 11 is 6.00. The van der Waals surface area contributed by atoms with Crippen molar-refractivity contribution in [1.29, 1.82) is 0 Å². The maximum absolute atomic E-state index is 12.0. The van der Waals surface area contributed by atoms with Crippen molar-refractivity contribution in [2.75, 3.05) is 13.1 Å². The van der Waals surface area contributed by atoms with Crippen LogP contribution in [0.2, 0.25) is 5.02 Å². The van der Waals surface area contributed by atoms with Crippen LogP contribution in [0.1, 0.15) is 24.1 Å². The van der Waals surface area contributed by atoms with Crippen molar-refractivity contribution in [3.05, 3.63) is 70.9 Å². The van der Waals surface area contributed by atoms with Crippen molar-refractivity contribution in [2.24, 2.45) is 0 Å². The number of nitrogens with one attached hydrogen (secondary N) is 3. The van der Waals surface area contributed by atoms with Gasteiger partial charge in [-0.1, -0.05) is 41.9 Å². The lowest BCUT2D eigenvalue weighted by Gasteiger charge is -2.14. The van der Waals surface area contributed by atoms with Gasteiger partial charge in [0.2, 0.25) is 5.91 Å². The highest BCUT2D eigenvalue weighted by Crippen LogP contribution is 2.18. The van der Waals surface area contributed by atoms with Crippen molar-refractivity contribution in [3.8, 4) is 0 Å². The Morgan fingerprint density at radius 2 is 2.04 bits per heavy atom. The molecule has 0 aliphatic rings. The fourth-order valence-corrected chi connectivity index (χ4v) is 3.08. The van der Waals surface area contributed by atoms with E-state index in [1.807, 2.05) is 49.5 Å². The van der Waals surface area contributed by atoms with Gasteiger partial charge < -0.3 is 15.6 Å². The molecule has 5 heteroatoms. The lowest BCUT2D eigenvalue weighted by molar-refractivity contribution is -0.120. The number of rotatable bonds is 7. The van der Waals surface area contributed by atoms with E-state index in [1.165, 1.54) is 10.9 Å². The minimum absolute atomic E-state index is 0.00582. The maximum atomic E-state index is 12.0. The number of aromatic nitrogens is 1. The number of aromatic amines is 1. The van der Waals surface area contributed by atoms with Crippen LogP contribution in [0.5, 0.6) is 0 Å². The largest absolute Gasteiger partial charge is 0.361 e. The second-order valence-corrected chi connectivity index (χ2v) is 6.55. The predicted molar refractivity (Wildman–Crippen MR) is 103 cm³/mol. The molecule has 0 aliphatic heterocycles. The quantitative estimate of drug-likeness (QED) is 0.603. The summed E-state index contributed by atoms with van der Waals surface area (Å²) in [4.78, 5) is 15.3. The monoisotopic (exact) mass is 355 g/mol. The number of para-hydroxylation sites is 1. The van der Waals surface area contributed by atoms with Gasteiger partial charge in [0.1, 0.15) is 0 Å². The van der Waals surface area contributed by atoms with Crippen LogP contribution in [0.4, 0.5) is 0 Å². The van der Waals surface area contributed by atoms with E-state index in [4.69, 9.17) is 11.6 Å². The molecule has 25 heavy (non-hydrogen) atoms. The molecule has 0 spiro atoms. The van der Waals surface area contributed by atoms with E-state index in [2.05, 4.69) is 27.8 Å². The molecule has 0 saturated heterocycles. The zero-order valence-electron chi connectivity index (χ0n) is 14.2. The van der Waals surface area contributed by atoms with Crippen LogP contribution in [-0.4, -0.2) is 24.0 Å². The summed E-state index contributed by atoms with van der Waals surface area (Å²) in [6.07, 6.45) is 2.82. The SMILES string of the molecule is C[C@H](NCC(=O)NCCc1c[nH]c2ccccc12)c1cccc(Cl)c1. The van der Waals surface area contributed by atoms with Crippen molar-refractivity contribution in [3.63, 3.8) is 0 Å². The van der Waals surface area contributed by atoms with Crippen LogP contribution in [0.25, 0.3) is 10.9 Å². The number of fused-ring (bicyclic) bond motifs is 1. The zero-order chi connectivity index (χ0) is 17.6. The smallest absolute Gasteiger partial charge is 0.233 e. The van der Waals surface area contributed by atoms with Gasteiger partial charge in [0, 0.05) is 34.7 Å². The van der Waals surface area contributed by atoms with Crippen molar-refractivity contribution < 1.29 is 4.79 Å². The fraction of sp³-hybridized carbons (Fsp3) is 0.250. The Morgan fingerprint density at radius 1 is 1.20 bits per heavy atom. The number of H-pyrrole nitrogens is 1. The Bertz CT molecular complexity index is 859. The van der Waals surface area contributed by atoms with Crippen LogP contribution in [0, 0.1) is 0 Å². The van der Waals surface area contributed by atoms with Crippen LogP contribution in [-0.2, 0) is 11.2 Å². The van der Waals surface area contributed by atoms with Gasteiger partial charge in [-0.05, 0) is 42.7 Å². The van der Waals surface area contributed by atoms with E-state index in [-0.39, 0.29) is 18.5 Å². The fourth-order valence-electron chi connectivity index (χ4n) is 2.88. The number of hydrogen-bond donors (Lipinski definition) is 3. The summed E-state index contributed by atoms with van der Waals surface area (Å²) in [6.45, 7) is 2.92. The molecular formula is C20H22ClN3O. The van der Waals surface area contributed by atoms with Gasteiger partial charge in [-0.2, -0.15) is 0 Å². The van der Waals surface area contributed by atoms with E-state index in [0.717, 1.165) is 17.5 Å². The molecule has 0 saturated carbocycles. The summed E-state index contributed by atoms with van der Waals surface area (Å²) in [6, 6.07) is 15.9. The first-order valence-electron chi connectivity index (χ1n) is 8.44. The Labute approximate surface area is 152 Å². The number of carbonyl (C=O) groups excluding carboxylic acids is 1. The normalized spacial score (nSPS) is 12.2. The van der Waals surface area contributed by atoms with Gasteiger partial charge in [-0.25, -0.2) is 0 Å². The highest BCUT2D eigenvalue weighted by Gasteiger charge is 2.08. The van der Waals surface area contributed by atoms with E-state index >= 15 is 0 Å². The van der Waals surface area contributed by atoms with Gasteiger partial charge in [0.05, 0.1) is 6.54 Å². The molecule has 3 rings (SSSR count). The molecule has 130 valence electrons. The number of halogens is 1. The highest BCUT2D eigenvalue weighted by atomic mass is 35.5. The zero-order valence-corrected chi connectivity index (χ0v) is 14.9. The molecule has 3 aromatic rings.